The molecule has 5 heteroatoms. The molecule has 1 atom stereocenters. The third-order valence-corrected chi connectivity index (χ3v) is 3.88. The number of thioether (sulfide) groups is 1. The van der Waals surface area contributed by atoms with E-state index < -0.39 is 0 Å². The number of aryl methyl sites for hydroxylation is 1. The summed E-state index contributed by atoms with van der Waals surface area (Å²) in [5.41, 5.74) is 7.91. The van der Waals surface area contributed by atoms with Crippen molar-refractivity contribution in [2.45, 2.75) is 17.3 Å². The highest BCUT2D eigenvalue weighted by atomic mass is 35.5. The molecule has 94 valence electrons. The second-order valence-electron chi connectivity index (χ2n) is 3.87. The van der Waals surface area contributed by atoms with Crippen LogP contribution in [-0.4, -0.2) is 16.5 Å². The van der Waals surface area contributed by atoms with Crippen LogP contribution in [0.3, 0.4) is 0 Å². The largest absolute Gasteiger partial charge is 0.329 e. The SMILES string of the molecule is Cc1ccnc(SC(CN)c2ccc(Cl)cc2)n1. The van der Waals surface area contributed by atoms with Crippen molar-refractivity contribution in [1.29, 1.82) is 0 Å². The molecule has 0 aliphatic rings. The van der Waals surface area contributed by atoms with Crippen LogP contribution in [0.2, 0.25) is 5.02 Å². The van der Waals surface area contributed by atoms with Crippen LogP contribution in [0.4, 0.5) is 0 Å². The predicted molar refractivity (Wildman–Crippen MR) is 75.9 cm³/mol. The molecule has 1 aromatic carbocycles. The summed E-state index contributed by atoms with van der Waals surface area (Å²) >= 11 is 7.45. The van der Waals surface area contributed by atoms with Gasteiger partial charge in [0, 0.05) is 28.7 Å². The molecule has 0 amide bonds. The monoisotopic (exact) mass is 279 g/mol. The van der Waals surface area contributed by atoms with Gasteiger partial charge in [0.15, 0.2) is 5.16 Å². The molecule has 0 fully saturated rings. The van der Waals surface area contributed by atoms with Crippen molar-refractivity contribution >= 4 is 23.4 Å². The number of nitrogens with zero attached hydrogens (tertiary/aromatic N) is 2. The molecule has 2 rings (SSSR count). The molecule has 0 saturated heterocycles. The number of nitrogens with two attached hydrogens (primary N) is 1. The third kappa shape index (κ3) is 3.45. The van der Waals surface area contributed by atoms with E-state index in [1.54, 1.807) is 18.0 Å². The summed E-state index contributed by atoms with van der Waals surface area (Å²) in [6.07, 6.45) is 1.76. The van der Waals surface area contributed by atoms with Crippen LogP contribution in [0.25, 0.3) is 0 Å². The standard InChI is InChI=1S/C13H14ClN3S/c1-9-6-7-16-13(17-9)18-12(8-15)10-2-4-11(14)5-3-10/h2-7,12H,8,15H2,1H3. The number of benzene rings is 1. The fourth-order valence-corrected chi connectivity index (χ4v) is 2.63. The van der Waals surface area contributed by atoms with Crippen molar-refractivity contribution in [3.05, 3.63) is 52.8 Å². The average Bonchev–Trinajstić information content (AvgIpc) is 2.37. The highest BCUT2D eigenvalue weighted by Gasteiger charge is 2.13. The van der Waals surface area contributed by atoms with Gasteiger partial charge in [0.05, 0.1) is 0 Å². The lowest BCUT2D eigenvalue weighted by molar-refractivity contribution is 0.895. The Morgan fingerprint density at radius 2 is 2.00 bits per heavy atom. The van der Waals surface area contributed by atoms with Gasteiger partial charge in [-0.2, -0.15) is 0 Å². The second kappa shape index (κ2) is 6.18. The number of aromatic nitrogens is 2. The minimum Gasteiger partial charge on any atom is -0.329 e. The van der Waals surface area contributed by atoms with Gasteiger partial charge in [-0.05, 0) is 30.7 Å². The summed E-state index contributed by atoms with van der Waals surface area (Å²) < 4.78 is 0. The lowest BCUT2D eigenvalue weighted by Gasteiger charge is -2.13. The van der Waals surface area contributed by atoms with Gasteiger partial charge >= 0.3 is 0 Å². The van der Waals surface area contributed by atoms with Gasteiger partial charge in [0.1, 0.15) is 0 Å². The van der Waals surface area contributed by atoms with E-state index in [-0.39, 0.29) is 5.25 Å². The zero-order chi connectivity index (χ0) is 13.0. The topological polar surface area (TPSA) is 51.8 Å². The van der Waals surface area contributed by atoms with Crippen LogP contribution in [0.5, 0.6) is 0 Å². The first-order valence-electron chi connectivity index (χ1n) is 5.61. The molecule has 0 radical (unpaired) electrons. The number of hydrogen-bond donors (Lipinski definition) is 1. The molecular formula is C13H14ClN3S. The fraction of sp³-hybridized carbons (Fsp3) is 0.231. The highest BCUT2D eigenvalue weighted by molar-refractivity contribution is 7.99. The Morgan fingerprint density at radius 3 is 2.61 bits per heavy atom. The van der Waals surface area contributed by atoms with Crippen molar-refractivity contribution in [2.75, 3.05) is 6.54 Å². The quantitative estimate of drug-likeness (QED) is 0.690. The number of hydrogen-bond acceptors (Lipinski definition) is 4. The second-order valence-corrected chi connectivity index (χ2v) is 5.48. The minimum atomic E-state index is 0.143. The van der Waals surface area contributed by atoms with E-state index in [1.807, 2.05) is 37.3 Å². The first-order chi connectivity index (χ1) is 8.69. The van der Waals surface area contributed by atoms with E-state index in [4.69, 9.17) is 17.3 Å². The molecule has 0 aliphatic heterocycles. The van der Waals surface area contributed by atoms with Crippen LogP contribution < -0.4 is 5.73 Å². The van der Waals surface area contributed by atoms with Gasteiger partial charge < -0.3 is 5.73 Å². The van der Waals surface area contributed by atoms with Crippen LogP contribution >= 0.6 is 23.4 Å². The Hall–Kier alpha value is -1.10. The Bertz CT molecular complexity index is 516. The molecular weight excluding hydrogens is 266 g/mol. The molecule has 2 N–H and O–H groups in total. The smallest absolute Gasteiger partial charge is 0.188 e. The van der Waals surface area contributed by atoms with Crippen molar-refractivity contribution in [3.8, 4) is 0 Å². The lowest BCUT2D eigenvalue weighted by Crippen LogP contribution is -2.10. The fourth-order valence-electron chi connectivity index (χ4n) is 1.54. The van der Waals surface area contributed by atoms with Crippen molar-refractivity contribution in [1.82, 2.24) is 9.97 Å². The summed E-state index contributed by atoms with van der Waals surface area (Å²) in [4.78, 5) is 8.61. The molecule has 0 bridgehead atoms. The molecule has 18 heavy (non-hydrogen) atoms. The van der Waals surface area contributed by atoms with Gasteiger partial charge in [-0.1, -0.05) is 35.5 Å². The van der Waals surface area contributed by atoms with Gasteiger partial charge in [-0.25, -0.2) is 9.97 Å². The van der Waals surface area contributed by atoms with Gasteiger partial charge in [-0.15, -0.1) is 0 Å². The first kappa shape index (κ1) is 13.3. The molecule has 1 heterocycles. The molecule has 0 aliphatic carbocycles. The van der Waals surface area contributed by atoms with Gasteiger partial charge in [0.25, 0.3) is 0 Å². The van der Waals surface area contributed by atoms with Crippen molar-refractivity contribution in [2.24, 2.45) is 5.73 Å². The Labute approximate surface area is 116 Å². The maximum Gasteiger partial charge on any atom is 0.188 e. The van der Waals surface area contributed by atoms with Crippen molar-refractivity contribution < 1.29 is 0 Å². The molecule has 1 aromatic heterocycles. The maximum absolute atomic E-state index is 5.88. The summed E-state index contributed by atoms with van der Waals surface area (Å²) in [6, 6.07) is 9.60. The number of halogens is 1. The molecule has 2 aromatic rings. The van der Waals surface area contributed by atoms with Gasteiger partial charge in [-0.3, -0.25) is 0 Å². The molecule has 1 unspecified atom stereocenters. The Balaban J connectivity index is 2.17. The van der Waals surface area contributed by atoms with Crippen LogP contribution in [-0.2, 0) is 0 Å². The van der Waals surface area contributed by atoms with E-state index >= 15 is 0 Å². The highest BCUT2D eigenvalue weighted by Crippen LogP contribution is 2.32. The lowest BCUT2D eigenvalue weighted by atomic mass is 10.1. The predicted octanol–water partition coefficient (Wildman–Crippen LogP) is 3.23. The van der Waals surface area contributed by atoms with E-state index in [2.05, 4.69) is 9.97 Å². The van der Waals surface area contributed by atoms with E-state index in [1.165, 1.54) is 0 Å². The summed E-state index contributed by atoms with van der Waals surface area (Å²) in [5.74, 6) is 0. The molecule has 0 saturated carbocycles. The Morgan fingerprint density at radius 1 is 1.28 bits per heavy atom. The summed E-state index contributed by atoms with van der Waals surface area (Å²) in [6.45, 7) is 2.48. The van der Waals surface area contributed by atoms with Crippen LogP contribution in [0.15, 0.2) is 41.7 Å². The normalized spacial score (nSPS) is 12.4. The minimum absolute atomic E-state index is 0.143. The van der Waals surface area contributed by atoms with E-state index in [9.17, 15) is 0 Å². The molecule has 3 nitrogen and oxygen atoms in total. The zero-order valence-corrected chi connectivity index (χ0v) is 11.6. The van der Waals surface area contributed by atoms with Gasteiger partial charge in [0.2, 0.25) is 0 Å². The van der Waals surface area contributed by atoms with E-state index in [0.29, 0.717) is 6.54 Å². The third-order valence-electron chi connectivity index (χ3n) is 2.48. The maximum atomic E-state index is 5.88. The number of rotatable bonds is 4. The van der Waals surface area contributed by atoms with E-state index in [0.717, 1.165) is 21.4 Å². The molecule has 0 spiro atoms. The van der Waals surface area contributed by atoms with Crippen molar-refractivity contribution in [3.63, 3.8) is 0 Å². The van der Waals surface area contributed by atoms with Crippen LogP contribution in [0.1, 0.15) is 16.5 Å². The zero-order valence-electron chi connectivity index (χ0n) is 10.0. The Kier molecular flexibility index (Phi) is 4.58. The summed E-state index contributed by atoms with van der Waals surface area (Å²) in [7, 11) is 0. The first-order valence-corrected chi connectivity index (χ1v) is 6.86. The average molecular weight is 280 g/mol. The van der Waals surface area contributed by atoms with Crippen LogP contribution in [0, 0.1) is 6.92 Å². The summed E-state index contributed by atoms with van der Waals surface area (Å²) in [5, 5.41) is 1.62.